The van der Waals surface area contributed by atoms with Crippen molar-refractivity contribution < 1.29 is 9.59 Å². The van der Waals surface area contributed by atoms with Gasteiger partial charge in [-0.15, -0.1) is 0 Å². The van der Waals surface area contributed by atoms with Gasteiger partial charge in [0.05, 0.1) is 11.2 Å². The Labute approximate surface area is 145 Å². The number of hydrogen-bond donors (Lipinski definition) is 1. The van der Waals surface area contributed by atoms with E-state index >= 15 is 0 Å². The van der Waals surface area contributed by atoms with E-state index in [1.54, 1.807) is 0 Å². The maximum Gasteiger partial charge on any atom is 0.230 e. The molecule has 1 aliphatic rings. The van der Waals surface area contributed by atoms with E-state index in [-0.39, 0.29) is 11.7 Å². The number of nitrogens with zero attached hydrogens (tertiary/aromatic N) is 1. The van der Waals surface area contributed by atoms with Crippen LogP contribution in [0.5, 0.6) is 0 Å². The van der Waals surface area contributed by atoms with Gasteiger partial charge in [0.2, 0.25) is 5.91 Å². The molecule has 1 amide bonds. The number of Topliss-reactive ketones (excluding diaryl/α,β-unsaturated/α-hetero) is 1. The van der Waals surface area contributed by atoms with Crippen LogP contribution in [0.2, 0.25) is 0 Å². The lowest BCUT2D eigenvalue weighted by atomic mass is 9.88. The summed E-state index contributed by atoms with van der Waals surface area (Å²) in [5.41, 5.74) is 3.05. The zero-order valence-electron chi connectivity index (χ0n) is 13.7. The second-order valence-corrected chi connectivity index (χ2v) is 6.29. The van der Waals surface area contributed by atoms with Crippen LogP contribution < -0.4 is 5.32 Å². The van der Waals surface area contributed by atoms with Crippen LogP contribution in [0.4, 0.5) is 0 Å². The van der Waals surface area contributed by atoms with Crippen molar-refractivity contribution in [3.8, 4) is 11.3 Å². The summed E-state index contributed by atoms with van der Waals surface area (Å²) in [6.07, 6.45) is 1.43. The van der Waals surface area contributed by atoms with Gasteiger partial charge in [0, 0.05) is 23.1 Å². The van der Waals surface area contributed by atoms with Crippen LogP contribution in [0.3, 0.4) is 0 Å². The van der Waals surface area contributed by atoms with E-state index in [2.05, 4.69) is 5.32 Å². The minimum atomic E-state index is -0.608. The standard InChI is InChI=1S/C21H18N2O2/c24-20(16-10-6-12-22-21(16)25)17-13-19(14-7-2-1-3-8-14)23-18-11-5-4-9-15(17)18/h1-5,7-9,11,13,16H,6,10,12H2,(H,22,25). The topological polar surface area (TPSA) is 59.1 Å². The fourth-order valence-corrected chi connectivity index (χ4v) is 3.35. The molecule has 3 aromatic rings. The number of pyridine rings is 1. The molecule has 0 aliphatic carbocycles. The molecule has 0 radical (unpaired) electrons. The van der Waals surface area contributed by atoms with Gasteiger partial charge in [-0.25, -0.2) is 4.98 Å². The number of piperidine rings is 1. The van der Waals surface area contributed by atoms with Crippen molar-refractivity contribution in [3.63, 3.8) is 0 Å². The highest BCUT2D eigenvalue weighted by molar-refractivity contribution is 6.16. The smallest absolute Gasteiger partial charge is 0.230 e. The summed E-state index contributed by atoms with van der Waals surface area (Å²) in [7, 11) is 0. The number of hydrogen-bond acceptors (Lipinski definition) is 3. The van der Waals surface area contributed by atoms with Gasteiger partial charge in [-0.2, -0.15) is 0 Å². The lowest BCUT2D eigenvalue weighted by Crippen LogP contribution is -2.40. The number of ketones is 1. The molecule has 2 aromatic carbocycles. The summed E-state index contributed by atoms with van der Waals surface area (Å²) in [6.45, 7) is 0.648. The number of carbonyl (C=O) groups excluding carboxylic acids is 2. The third-order valence-corrected chi connectivity index (χ3v) is 4.65. The molecule has 1 atom stereocenters. The van der Waals surface area contributed by atoms with E-state index in [0.29, 0.717) is 18.5 Å². The molecule has 0 spiro atoms. The van der Waals surface area contributed by atoms with E-state index in [1.165, 1.54) is 0 Å². The van der Waals surface area contributed by atoms with Crippen LogP contribution in [-0.4, -0.2) is 23.2 Å². The average molecular weight is 330 g/mol. The molecule has 1 fully saturated rings. The van der Waals surface area contributed by atoms with Gasteiger partial charge in [-0.1, -0.05) is 48.5 Å². The van der Waals surface area contributed by atoms with Crippen LogP contribution >= 0.6 is 0 Å². The molecule has 1 saturated heterocycles. The van der Waals surface area contributed by atoms with E-state index in [4.69, 9.17) is 4.98 Å². The van der Waals surface area contributed by atoms with Crippen LogP contribution in [0.1, 0.15) is 23.2 Å². The first kappa shape index (κ1) is 15.5. The Morgan fingerprint density at radius 2 is 1.80 bits per heavy atom. The molecule has 124 valence electrons. The summed E-state index contributed by atoms with van der Waals surface area (Å²) in [6, 6.07) is 19.2. The van der Waals surface area contributed by atoms with Gasteiger partial charge in [-0.05, 0) is 25.0 Å². The van der Waals surface area contributed by atoms with Crippen molar-refractivity contribution >= 4 is 22.6 Å². The van der Waals surface area contributed by atoms with Crippen molar-refractivity contribution in [2.45, 2.75) is 12.8 Å². The summed E-state index contributed by atoms with van der Waals surface area (Å²) >= 11 is 0. The molecule has 4 rings (SSSR count). The highest BCUT2D eigenvalue weighted by Gasteiger charge is 2.31. The number of amides is 1. The van der Waals surface area contributed by atoms with Crippen LogP contribution in [0.25, 0.3) is 22.2 Å². The van der Waals surface area contributed by atoms with E-state index in [9.17, 15) is 9.59 Å². The van der Waals surface area contributed by atoms with Crippen molar-refractivity contribution in [2.75, 3.05) is 6.54 Å². The summed E-state index contributed by atoms with van der Waals surface area (Å²) < 4.78 is 0. The van der Waals surface area contributed by atoms with Crippen LogP contribution in [0.15, 0.2) is 60.7 Å². The van der Waals surface area contributed by atoms with Gasteiger partial charge in [-0.3, -0.25) is 9.59 Å². The largest absolute Gasteiger partial charge is 0.355 e. The first-order valence-electron chi connectivity index (χ1n) is 8.51. The number of carbonyl (C=O) groups is 2. The lowest BCUT2D eigenvalue weighted by molar-refractivity contribution is -0.124. The SMILES string of the molecule is O=C1NCCCC1C(=O)c1cc(-c2ccccc2)nc2ccccc12. The van der Waals surface area contributed by atoms with Crippen molar-refractivity contribution in [1.82, 2.24) is 10.3 Å². The number of para-hydroxylation sites is 1. The molecule has 0 bridgehead atoms. The van der Waals surface area contributed by atoms with Crippen molar-refractivity contribution in [3.05, 3.63) is 66.2 Å². The number of fused-ring (bicyclic) bond motifs is 1. The average Bonchev–Trinajstić information content (AvgIpc) is 2.67. The maximum atomic E-state index is 13.1. The summed E-state index contributed by atoms with van der Waals surface area (Å²) in [5, 5.41) is 3.60. The molecule has 25 heavy (non-hydrogen) atoms. The zero-order valence-corrected chi connectivity index (χ0v) is 13.7. The zero-order chi connectivity index (χ0) is 17.2. The lowest BCUT2D eigenvalue weighted by Gasteiger charge is -2.21. The number of aromatic nitrogens is 1. The van der Waals surface area contributed by atoms with Gasteiger partial charge < -0.3 is 5.32 Å². The molecule has 1 aromatic heterocycles. The number of benzene rings is 2. The van der Waals surface area contributed by atoms with Gasteiger partial charge in [0.1, 0.15) is 5.92 Å². The monoisotopic (exact) mass is 330 g/mol. The minimum absolute atomic E-state index is 0.118. The van der Waals surface area contributed by atoms with Crippen molar-refractivity contribution in [2.24, 2.45) is 5.92 Å². The predicted octanol–water partition coefficient (Wildman–Crippen LogP) is 3.61. The molecule has 4 heteroatoms. The van der Waals surface area contributed by atoms with E-state index in [1.807, 2.05) is 60.7 Å². The highest BCUT2D eigenvalue weighted by atomic mass is 16.2. The molecular formula is C21H18N2O2. The van der Waals surface area contributed by atoms with Crippen LogP contribution in [0, 0.1) is 5.92 Å². The fourth-order valence-electron chi connectivity index (χ4n) is 3.35. The predicted molar refractivity (Wildman–Crippen MR) is 97.2 cm³/mol. The minimum Gasteiger partial charge on any atom is -0.355 e. The second kappa shape index (κ2) is 6.48. The summed E-state index contributed by atoms with van der Waals surface area (Å²) in [4.78, 5) is 30.0. The Morgan fingerprint density at radius 3 is 2.60 bits per heavy atom. The molecule has 4 nitrogen and oxygen atoms in total. The van der Waals surface area contributed by atoms with Crippen molar-refractivity contribution in [1.29, 1.82) is 0 Å². The summed E-state index contributed by atoms with van der Waals surface area (Å²) in [5.74, 6) is -0.894. The molecule has 1 N–H and O–H groups in total. The fraction of sp³-hybridized carbons (Fsp3) is 0.190. The molecule has 2 heterocycles. The first-order valence-corrected chi connectivity index (χ1v) is 8.51. The first-order chi connectivity index (χ1) is 12.2. The number of rotatable bonds is 3. The van der Waals surface area contributed by atoms with E-state index < -0.39 is 5.92 Å². The van der Waals surface area contributed by atoms with Gasteiger partial charge >= 0.3 is 0 Å². The quantitative estimate of drug-likeness (QED) is 0.589. The van der Waals surface area contributed by atoms with Gasteiger partial charge in [0.15, 0.2) is 5.78 Å². The normalized spacial score (nSPS) is 17.3. The number of nitrogens with one attached hydrogen (secondary N) is 1. The Morgan fingerprint density at radius 1 is 1.04 bits per heavy atom. The second-order valence-electron chi connectivity index (χ2n) is 6.29. The third kappa shape index (κ3) is 2.91. The van der Waals surface area contributed by atoms with Gasteiger partial charge in [0.25, 0.3) is 0 Å². The van der Waals surface area contributed by atoms with Crippen LogP contribution in [-0.2, 0) is 4.79 Å². The molecule has 1 aliphatic heterocycles. The Kier molecular flexibility index (Phi) is 4.02. The van der Waals surface area contributed by atoms with E-state index in [0.717, 1.165) is 28.6 Å². The maximum absolute atomic E-state index is 13.1. The molecule has 1 unspecified atom stereocenters. The Bertz CT molecular complexity index is 951. The third-order valence-electron chi connectivity index (χ3n) is 4.65. The molecule has 0 saturated carbocycles. The Balaban J connectivity index is 1.87. The highest BCUT2D eigenvalue weighted by Crippen LogP contribution is 2.28. The Hall–Kier alpha value is -3.01. The molecular weight excluding hydrogens is 312 g/mol.